The summed E-state index contributed by atoms with van der Waals surface area (Å²) in [6.07, 6.45) is 1.85. The third-order valence-corrected chi connectivity index (χ3v) is 4.57. The predicted molar refractivity (Wildman–Crippen MR) is 101 cm³/mol. The molecule has 0 saturated heterocycles. The third-order valence-electron chi connectivity index (χ3n) is 3.81. The zero-order valence-electron chi connectivity index (χ0n) is 14.0. The molecule has 2 aromatic carbocycles. The molecule has 0 atom stereocenters. The molecule has 0 aliphatic heterocycles. The molecular formula is C20H22N2O2S. The lowest BCUT2D eigenvalue weighted by molar-refractivity contribution is 0.195. The van der Waals surface area contributed by atoms with Gasteiger partial charge < -0.3 is 9.84 Å². The highest BCUT2D eigenvalue weighted by atomic mass is 32.1. The number of benzene rings is 2. The molecule has 0 unspecified atom stereocenters. The van der Waals surface area contributed by atoms with Crippen LogP contribution in [-0.4, -0.2) is 28.2 Å². The van der Waals surface area contributed by atoms with Gasteiger partial charge >= 0.3 is 0 Å². The molecule has 0 radical (unpaired) electrons. The molecule has 0 aliphatic rings. The minimum Gasteiger partial charge on any atom is -0.491 e. The average Bonchev–Trinajstić information content (AvgIpc) is 3.15. The molecule has 0 aliphatic carbocycles. The molecule has 1 N–H and O–H groups in total. The minimum absolute atomic E-state index is 0.0151. The smallest absolute Gasteiger partial charge is 0.123 e. The van der Waals surface area contributed by atoms with Crippen molar-refractivity contribution in [3.63, 3.8) is 0 Å². The van der Waals surface area contributed by atoms with E-state index < -0.39 is 0 Å². The molecule has 1 heterocycles. The van der Waals surface area contributed by atoms with Crippen LogP contribution in [0.4, 0.5) is 0 Å². The van der Waals surface area contributed by atoms with Crippen molar-refractivity contribution < 1.29 is 9.84 Å². The Morgan fingerprint density at radius 1 is 0.960 bits per heavy atom. The van der Waals surface area contributed by atoms with Gasteiger partial charge in [0.2, 0.25) is 0 Å². The molecule has 3 aromatic rings. The highest BCUT2D eigenvalue weighted by molar-refractivity contribution is 7.09. The van der Waals surface area contributed by atoms with Gasteiger partial charge in [0, 0.05) is 30.2 Å². The number of aromatic nitrogens is 1. The van der Waals surface area contributed by atoms with Crippen LogP contribution >= 0.6 is 11.3 Å². The van der Waals surface area contributed by atoms with E-state index in [4.69, 9.17) is 9.84 Å². The van der Waals surface area contributed by atoms with Crippen LogP contribution < -0.4 is 4.74 Å². The Labute approximate surface area is 152 Å². The van der Waals surface area contributed by atoms with Gasteiger partial charge in [-0.15, -0.1) is 11.3 Å². The Hall–Kier alpha value is -2.21. The molecule has 0 amide bonds. The lowest BCUT2D eigenvalue weighted by atomic mass is 10.1. The van der Waals surface area contributed by atoms with E-state index in [-0.39, 0.29) is 6.61 Å². The number of para-hydroxylation sites is 1. The van der Waals surface area contributed by atoms with Crippen molar-refractivity contribution >= 4 is 11.3 Å². The number of nitrogens with zero attached hydrogens (tertiary/aromatic N) is 2. The van der Waals surface area contributed by atoms with Crippen LogP contribution in [0.15, 0.2) is 66.2 Å². The third kappa shape index (κ3) is 5.39. The Morgan fingerprint density at radius 2 is 1.76 bits per heavy atom. The van der Waals surface area contributed by atoms with E-state index in [0.717, 1.165) is 36.0 Å². The summed E-state index contributed by atoms with van der Waals surface area (Å²) in [7, 11) is 0. The second-order valence-electron chi connectivity index (χ2n) is 5.74. The van der Waals surface area contributed by atoms with Gasteiger partial charge in [0.15, 0.2) is 0 Å². The molecule has 0 spiro atoms. The van der Waals surface area contributed by atoms with Gasteiger partial charge in [0.1, 0.15) is 17.4 Å². The number of aliphatic hydroxyl groups excluding tert-OH is 1. The summed E-state index contributed by atoms with van der Waals surface area (Å²) in [6.45, 7) is 2.72. The highest BCUT2D eigenvalue weighted by Crippen LogP contribution is 2.22. The van der Waals surface area contributed by atoms with E-state index in [0.29, 0.717) is 6.61 Å². The van der Waals surface area contributed by atoms with Gasteiger partial charge in [-0.3, -0.25) is 4.90 Å². The maximum atomic E-state index is 9.02. The fourth-order valence-electron chi connectivity index (χ4n) is 2.70. The Bertz CT molecular complexity index is 747. The van der Waals surface area contributed by atoms with Gasteiger partial charge in [0.05, 0.1) is 13.2 Å². The van der Waals surface area contributed by atoms with Crippen LogP contribution in [-0.2, 0) is 19.6 Å². The molecular weight excluding hydrogens is 332 g/mol. The van der Waals surface area contributed by atoms with E-state index in [1.165, 1.54) is 5.56 Å². The molecule has 4 nitrogen and oxygen atoms in total. The van der Waals surface area contributed by atoms with Crippen molar-refractivity contribution in [1.29, 1.82) is 0 Å². The van der Waals surface area contributed by atoms with Crippen molar-refractivity contribution in [1.82, 2.24) is 9.88 Å². The van der Waals surface area contributed by atoms with Crippen molar-refractivity contribution in [2.45, 2.75) is 19.6 Å². The number of thiazole rings is 1. The Balaban J connectivity index is 1.77. The molecule has 1 aromatic heterocycles. The van der Waals surface area contributed by atoms with E-state index in [9.17, 15) is 0 Å². The minimum atomic E-state index is 0.0151. The second kappa shape index (κ2) is 9.32. The van der Waals surface area contributed by atoms with Gasteiger partial charge in [-0.25, -0.2) is 4.98 Å². The Morgan fingerprint density at radius 3 is 2.52 bits per heavy atom. The number of ether oxygens (including phenoxy) is 1. The highest BCUT2D eigenvalue weighted by Gasteiger charge is 2.12. The van der Waals surface area contributed by atoms with Crippen LogP contribution in [0, 0.1) is 0 Å². The van der Waals surface area contributed by atoms with E-state index >= 15 is 0 Å². The van der Waals surface area contributed by atoms with E-state index in [2.05, 4.69) is 40.2 Å². The first kappa shape index (κ1) is 17.6. The van der Waals surface area contributed by atoms with Gasteiger partial charge in [-0.1, -0.05) is 48.5 Å². The van der Waals surface area contributed by atoms with Crippen LogP contribution in [0.25, 0.3) is 0 Å². The van der Waals surface area contributed by atoms with Crippen LogP contribution in [0.5, 0.6) is 5.75 Å². The largest absolute Gasteiger partial charge is 0.491 e. The fraction of sp³-hybridized carbons (Fsp3) is 0.250. The summed E-state index contributed by atoms with van der Waals surface area (Å²) in [5, 5.41) is 12.1. The lowest BCUT2D eigenvalue weighted by Gasteiger charge is -2.23. The van der Waals surface area contributed by atoms with Gasteiger partial charge in [-0.05, 0) is 11.6 Å². The predicted octanol–water partition coefficient (Wildman–Crippen LogP) is 3.72. The summed E-state index contributed by atoms with van der Waals surface area (Å²) in [5.74, 6) is 0.828. The molecule has 0 saturated carbocycles. The number of hydrogen-bond acceptors (Lipinski definition) is 5. The Kier molecular flexibility index (Phi) is 6.56. The molecule has 130 valence electrons. The monoisotopic (exact) mass is 354 g/mol. The first-order chi connectivity index (χ1) is 12.3. The SMILES string of the molecule is OCCOc1ccccc1CN(Cc1ccccc1)Cc1nccs1. The first-order valence-corrected chi connectivity index (χ1v) is 9.19. The fourth-order valence-corrected chi connectivity index (χ4v) is 3.36. The normalized spacial score (nSPS) is 11.0. The molecule has 25 heavy (non-hydrogen) atoms. The molecule has 0 bridgehead atoms. The van der Waals surface area contributed by atoms with Crippen molar-refractivity contribution in [3.8, 4) is 5.75 Å². The first-order valence-electron chi connectivity index (χ1n) is 8.31. The summed E-state index contributed by atoms with van der Waals surface area (Å²) in [6, 6.07) is 18.5. The van der Waals surface area contributed by atoms with Crippen LogP contribution in [0.1, 0.15) is 16.1 Å². The van der Waals surface area contributed by atoms with Crippen LogP contribution in [0.2, 0.25) is 0 Å². The number of hydrogen-bond donors (Lipinski definition) is 1. The summed E-state index contributed by atoms with van der Waals surface area (Å²) in [5.41, 5.74) is 2.39. The maximum Gasteiger partial charge on any atom is 0.123 e. The quantitative estimate of drug-likeness (QED) is 0.636. The molecule has 0 fully saturated rings. The zero-order valence-corrected chi connectivity index (χ0v) is 14.9. The lowest BCUT2D eigenvalue weighted by Crippen LogP contribution is -2.22. The molecule has 3 rings (SSSR count). The van der Waals surface area contributed by atoms with Crippen molar-refractivity contribution in [2.75, 3.05) is 13.2 Å². The number of aliphatic hydroxyl groups is 1. The molecule has 5 heteroatoms. The summed E-state index contributed by atoms with van der Waals surface area (Å²) >= 11 is 1.67. The van der Waals surface area contributed by atoms with Gasteiger partial charge in [-0.2, -0.15) is 0 Å². The summed E-state index contributed by atoms with van der Waals surface area (Å²) < 4.78 is 5.68. The van der Waals surface area contributed by atoms with Crippen molar-refractivity contribution in [3.05, 3.63) is 82.3 Å². The van der Waals surface area contributed by atoms with E-state index in [1.54, 1.807) is 11.3 Å². The topological polar surface area (TPSA) is 45.6 Å². The number of rotatable bonds is 9. The standard InChI is InChI=1S/C20H22N2O2S/c23-11-12-24-19-9-5-4-8-18(19)15-22(16-20-21-10-13-25-20)14-17-6-2-1-3-7-17/h1-10,13,23H,11-12,14-16H2. The zero-order chi connectivity index (χ0) is 17.3. The van der Waals surface area contributed by atoms with Crippen molar-refractivity contribution in [2.24, 2.45) is 0 Å². The second-order valence-corrected chi connectivity index (χ2v) is 6.72. The maximum absolute atomic E-state index is 9.02. The average molecular weight is 354 g/mol. The van der Waals surface area contributed by atoms with Gasteiger partial charge in [0.25, 0.3) is 0 Å². The van der Waals surface area contributed by atoms with Crippen LogP contribution in [0.3, 0.4) is 0 Å². The van der Waals surface area contributed by atoms with E-state index in [1.807, 2.05) is 35.8 Å². The summed E-state index contributed by atoms with van der Waals surface area (Å²) in [4.78, 5) is 6.78.